The van der Waals surface area contributed by atoms with Gasteiger partial charge in [-0.05, 0) is 96.3 Å². The number of carbonyl (C=O) groups is 1. The Morgan fingerprint density at radius 3 is 2.68 bits per heavy atom. The molecule has 0 N–H and O–H groups in total. The lowest BCUT2D eigenvalue weighted by Gasteiger charge is -2.16. The van der Waals surface area contributed by atoms with Crippen LogP contribution in [0.4, 0.5) is 0 Å². The van der Waals surface area contributed by atoms with Crippen molar-refractivity contribution in [3.8, 4) is 11.5 Å². The number of hydrogen-bond donors (Lipinski definition) is 0. The van der Waals surface area contributed by atoms with Gasteiger partial charge in [0.2, 0.25) is 0 Å². The van der Waals surface area contributed by atoms with Crippen molar-refractivity contribution in [1.29, 1.82) is 0 Å². The van der Waals surface area contributed by atoms with Crippen LogP contribution in [0.1, 0.15) is 46.8 Å². The number of thioether (sulfide) groups is 1. The van der Waals surface area contributed by atoms with Gasteiger partial charge in [-0.25, -0.2) is 4.79 Å². The van der Waals surface area contributed by atoms with Gasteiger partial charge in [0.1, 0.15) is 17.6 Å². The average Bonchev–Trinajstić information content (AvgIpc) is 3.50. The summed E-state index contributed by atoms with van der Waals surface area (Å²) in [6, 6.07) is 18.6. The fourth-order valence-corrected chi connectivity index (χ4v) is 6.04. The molecule has 3 aromatic rings. The Kier molecular flexibility index (Phi) is 7.02. The van der Waals surface area contributed by atoms with Crippen LogP contribution >= 0.6 is 23.4 Å². The van der Waals surface area contributed by atoms with Crippen molar-refractivity contribution in [2.24, 2.45) is 0 Å². The van der Waals surface area contributed by atoms with Crippen molar-refractivity contribution in [2.75, 3.05) is 13.7 Å². The zero-order valence-corrected chi connectivity index (χ0v) is 20.7. The quantitative estimate of drug-likeness (QED) is 0.256. The second-order valence-electron chi connectivity index (χ2n) is 8.66. The van der Waals surface area contributed by atoms with Crippen LogP contribution in [-0.2, 0) is 34.5 Å². The van der Waals surface area contributed by atoms with E-state index in [0.29, 0.717) is 0 Å². The van der Waals surface area contributed by atoms with E-state index in [4.69, 9.17) is 21.1 Å². The molecular formula is C28H27ClO4S. The monoisotopic (exact) mass is 494 g/mol. The maximum Gasteiger partial charge on any atom is 0.343 e. The summed E-state index contributed by atoms with van der Waals surface area (Å²) in [5.41, 5.74) is 6.38. The van der Waals surface area contributed by atoms with Crippen molar-refractivity contribution in [2.45, 2.75) is 48.9 Å². The van der Waals surface area contributed by atoms with Gasteiger partial charge in [0.25, 0.3) is 0 Å². The average molecular weight is 495 g/mol. The molecule has 6 heteroatoms. The Morgan fingerprint density at radius 2 is 1.85 bits per heavy atom. The van der Waals surface area contributed by atoms with Crippen LogP contribution in [0.5, 0.6) is 11.5 Å². The Balaban J connectivity index is 1.20. The maximum absolute atomic E-state index is 11.4. The molecule has 4 nitrogen and oxygen atoms in total. The summed E-state index contributed by atoms with van der Waals surface area (Å²) in [4.78, 5) is 12.7. The summed E-state index contributed by atoms with van der Waals surface area (Å²) < 4.78 is 16.7. The van der Waals surface area contributed by atoms with Crippen LogP contribution in [0, 0.1) is 0 Å². The molecule has 34 heavy (non-hydrogen) atoms. The topological polar surface area (TPSA) is 44.8 Å². The predicted molar refractivity (Wildman–Crippen MR) is 135 cm³/mol. The number of carbonyl (C=O) groups excluding carboxylic acids is 1. The lowest BCUT2D eigenvalue weighted by Crippen LogP contribution is -2.13. The summed E-state index contributed by atoms with van der Waals surface area (Å²) in [7, 11) is 1.37. The second kappa shape index (κ2) is 10.3. The van der Waals surface area contributed by atoms with Crippen molar-refractivity contribution in [1.82, 2.24) is 0 Å². The van der Waals surface area contributed by atoms with Crippen molar-refractivity contribution >= 4 is 29.3 Å². The predicted octanol–water partition coefficient (Wildman–Crippen LogP) is 6.74. The molecule has 2 aliphatic carbocycles. The van der Waals surface area contributed by atoms with Gasteiger partial charge in [-0.2, -0.15) is 0 Å². The number of halogens is 1. The zero-order chi connectivity index (χ0) is 23.5. The van der Waals surface area contributed by atoms with Gasteiger partial charge < -0.3 is 14.2 Å². The fourth-order valence-electron chi connectivity index (χ4n) is 4.77. The van der Waals surface area contributed by atoms with Gasteiger partial charge in [0.15, 0.2) is 6.61 Å². The van der Waals surface area contributed by atoms with Crippen LogP contribution < -0.4 is 9.47 Å². The molecule has 0 aliphatic heterocycles. The van der Waals surface area contributed by atoms with Crippen molar-refractivity contribution < 1.29 is 19.0 Å². The standard InChI is InChI=1S/C28H27ClO4S/c1-31-28(30)16-32-25-13-14-27(24-4-2-3-23(24)25)34-17-18-5-9-21(10-6-18)33-26-12-7-19-15-20(29)8-11-22(19)26/h5-6,8-11,13-15,26H,2-4,7,12,16-17H2,1H3. The molecule has 0 heterocycles. The summed E-state index contributed by atoms with van der Waals surface area (Å²) in [5, 5.41) is 0.787. The fraction of sp³-hybridized carbons (Fsp3) is 0.321. The molecule has 0 aromatic heterocycles. The Morgan fingerprint density at radius 1 is 1.03 bits per heavy atom. The smallest absolute Gasteiger partial charge is 0.343 e. The number of fused-ring (bicyclic) bond motifs is 2. The van der Waals surface area contributed by atoms with E-state index in [0.717, 1.165) is 54.4 Å². The van der Waals surface area contributed by atoms with Gasteiger partial charge in [0, 0.05) is 15.7 Å². The number of ether oxygens (including phenoxy) is 3. The third-order valence-electron chi connectivity index (χ3n) is 6.50. The lowest BCUT2D eigenvalue weighted by atomic mass is 10.1. The van der Waals surface area contributed by atoms with Crippen LogP contribution in [-0.4, -0.2) is 19.7 Å². The largest absolute Gasteiger partial charge is 0.486 e. The molecule has 1 unspecified atom stereocenters. The zero-order valence-electron chi connectivity index (χ0n) is 19.1. The van der Waals surface area contributed by atoms with Gasteiger partial charge >= 0.3 is 5.97 Å². The first-order chi connectivity index (χ1) is 16.6. The highest BCUT2D eigenvalue weighted by Gasteiger charge is 2.24. The SMILES string of the molecule is COC(=O)COc1ccc(SCc2ccc(OC3CCc4cc(Cl)ccc43)cc2)c2c1CCC2. The number of esters is 1. The molecule has 176 valence electrons. The van der Waals surface area contributed by atoms with Crippen LogP contribution in [0.25, 0.3) is 0 Å². The van der Waals surface area contributed by atoms with Crippen LogP contribution in [0.3, 0.4) is 0 Å². The molecule has 0 radical (unpaired) electrons. The molecule has 5 rings (SSSR count). The van der Waals surface area contributed by atoms with Gasteiger partial charge in [-0.15, -0.1) is 11.8 Å². The number of methoxy groups -OCH3 is 1. The molecule has 0 amide bonds. The molecule has 0 saturated heterocycles. The number of rotatable bonds is 8. The van der Waals surface area contributed by atoms with E-state index in [1.807, 2.05) is 23.9 Å². The van der Waals surface area contributed by atoms with Crippen molar-refractivity contribution in [3.05, 3.63) is 87.4 Å². The van der Waals surface area contributed by atoms with Crippen LogP contribution in [0.15, 0.2) is 59.5 Å². The third-order valence-corrected chi connectivity index (χ3v) is 7.90. The molecule has 0 fully saturated rings. The Hall–Kier alpha value is -2.63. The number of aryl methyl sites for hydroxylation is 1. The van der Waals surface area contributed by atoms with Crippen molar-refractivity contribution in [3.63, 3.8) is 0 Å². The highest BCUT2D eigenvalue weighted by Crippen LogP contribution is 2.39. The minimum absolute atomic E-state index is 0.0516. The van der Waals surface area contributed by atoms with Gasteiger partial charge in [-0.1, -0.05) is 29.8 Å². The maximum atomic E-state index is 11.4. The number of hydrogen-bond acceptors (Lipinski definition) is 5. The molecular weight excluding hydrogens is 468 g/mol. The van der Waals surface area contributed by atoms with Crippen LogP contribution in [0.2, 0.25) is 5.02 Å². The first kappa shape index (κ1) is 23.1. The van der Waals surface area contributed by atoms with E-state index < -0.39 is 0 Å². The number of benzene rings is 3. The van der Waals surface area contributed by atoms with E-state index in [9.17, 15) is 4.79 Å². The Labute approximate surface area is 209 Å². The summed E-state index contributed by atoms with van der Waals surface area (Å²) >= 11 is 7.97. The first-order valence-corrected chi connectivity index (χ1v) is 13.0. The molecule has 0 spiro atoms. The van der Waals surface area contributed by atoms with Gasteiger partial charge in [-0.3, -0.25) is 0 Å². The van der Waals surface area contributed by atoms with E-state index >= 15 is 0 Å². The minimum atomic E-state index is -0.362. The molecule has 0 bridgehead atoms. The summed E-state index contributed by atoms with van der Waals surface area (Å²) in [6.45, 7) is -0.0516. The molecule has 1 atom stereocenters. The lowest BCUT2D eigenvalue weighted by molar-refractivity contribution is -0.142. The van der Waals surface area contributed by atoms with E-state index in [1.165, 1.54) is 39.8 Å². The molecule has 2 aliphatic rings. The van der Waals surface area contributed by atoms with E-state index in [2.05, 4.69) is 47.2 Å². The van der Waals surface area contributed by atoms with Gasteiger partial charge in [0.05, 0.1) is 7.11 Å². The normalized spacial score (nSPS) is 16.1. The highest BCUT2D eigenvalue weighted by atomic mass is 35.5. The first-order valence-electron chi connectivity index (χ1n) is 11.6. The molecule has 0 saturated carbocycles. The summed E-state index contributed by atoms with van der Waals surface area (Å²) in [5.74, 6) is 2.23. The molecule has 3 aromatic carbocycles. The van der Waals surface area contributed by atoms with E-state index in [1.54, 1.807) is 0 Å². The third kappa shape index (κ3) is 5.06. The highest BCUT2D eigenvalue weighted by molar-refractivity contribution is 7.98. The summed E-state index contributed by atoms with van der Waals surface area (Å²) in [6.07, 6.45) is 5.24. The minimum Gasteiger partial charge on any atom is -0.486 e. The Bertz CT molecular complexity index is 1190. The second-order valence-corrected chi connectivity index (χ2v) is 10.1. The van der Waals surface area contributed by atoms with E-state index in [-0.39, 0.29) is 18.7 Å².